The highest BCUT2D eigenvalue weighted by molar-refractivity contribution is 5.35. The maximum absolute atomic E-state index is 5.91. The molecule has 1 saturated carbocycles. The second kappa shape index (κ2) is 7.12. The van der Waals surface area contributed by atoms with Gasteiger partial charge in [-0.1, -0.05) is 31.5 Å². The number of rotatable bonds is 5. The van der Waals surface area contributed by atoms with Crippen molar-refractivity contribution in [3.8, 4) is 5.75 Å². The van der Waals surface area contributed by atoms with Gasteiger partial charge in [0.1, 0.15) is 18.9 Å². The number of benzene rings is 1. The Labute approximate surface area is 123 Å². The summed E-state index contributed by atoms with van der Waals surface area (Å²) in [6.45, 7) is 10.9. The number of ether oxygens (including phenoxy) is 1. The molecule has 20 heavy (non-hydrogen) atoms. The molecular formula is C18H30NO+. The summed E-state index contributed by atoms with van der Waals surface area (Å²) in [5.74, 6) is 2.75. The molecule has 0 unspecified atom stereocenters. The molecule has 0 amide bonds. The lowest BCUT2D eigenvalue weighted by atomic mass is 9.78. The van der Waals surface area contributed by atoms with E-state index in [4.69, 9.17) is 4.74 Å². The number of nitrogens with two attached hydrogens (primary N) is 1. The smallest absolute Gasteiger partial charge is 0.137 e. The molecular weight excluding hydrogens is 246 g/mol. The maximum atomic E-state index is 5.91. The summed E-state index contributed by atoms with van der Waals surface area (Å²) in [5.41, 5.74) is 2.54. The molecule has 0 radical (unpaired) electrons. The predicted octanol–water partition coefficient (Wildman–Crippen LogP) is 3.07. The number of hydrogen-bond acceptors (Lipinski definition) is 1. The van der Waals surface area contributed by atoms with Crippen LogP contribution in [-0.4, -0.2) is 19.2 Å². The molecule has 112 valence electrons. The summed E-state index contributed by atoms with van der Waals surface area (Å²) in [4.78, 5) is 0. The molecule has 2 N–H and O–H groups in total. The standard InChI is InChI=1S/C18H29NO/c1-13-8-9-18(15(3)12-13)20-11-10-19-17-7-5-6-14(2)16(17)4/h8-9,12,14,16-17,19H,5-7,10-11H2,1-4H3/p+1/t14-,16-,17+/m1/s1. The average Bonchev–Trinajstić information content (AvgIpc) is 2.41. The van der Waals surface area contributed by atoms with Crippen molar-refractivity contribution in [1.82, 2.24) is 0 Å². The third-order valence-corrected chi connectivity index (χ3v) is 4.95. The molecule has 0 spiro atoms. The van der Waals surface area contributed by atoms with Gasteiger partial charge in [-0.3, -0.25) is 0 Å². The predicted molar refractivity (Wildman–Crippen MR) is 84.2 cm³/mol. The van der Waals surface area contributed by atoms with E-state index in [0.717, 1.165) is 36.8 Å². The summed E-state index contributed by atoms with van der Waals surface area (Å²) in [6, 6.07) is 7.19. The van der Waals surface area contributed by atoms with E-state index in [1.807, 2.05) is 0 Å². The second-order valence-electron chi connectivity index (χ2n) is 6.57. The van der Waals surface area contributed by atoms with Crippen molar-refractivity contribution < 1.29 is 10.1 Å². The molecule has 3 atom stereocenters. The largest absolute Gasteiger partial charge is 0.487 e. The SMILES string of the molecule is Cc1ccc(OCC[NH2+][C@H]2CCC[C@@H](C)[C@H]2C)c(C)c1. The zero-order valence-corrected chi connectivity index (χ0v) is 13.5. The molecule has 1 aliphatic carbocycles. The normalized spacial score (nSPS) is 26.5. The van der Waals surface area contributed by atoms with Crippen LogP contribution in [0.25, 0.3) is 0 Å². The van der Waals surface area contributed by atoms with Gasteiger partial charge in [-0.2, -0.15) is 0 Å². The zero-order chi connectivity index (χ0) is 14.5. The molecule has 0 bridgehead atoms. The van der Waals surface area contributed by atoms with Gasteiger partial charge in [0.15, 0.2) is 0 Å². The van der Waals surface area contributed by atoms with Crippen molar-refractivity contribution in [1.29, 1.82) is 0 Å². The number of quaternary nitrogens is 1. The second-order valence-corrected chi connectivity index (χ2v) is 6.57. The van der Waals surface area contributed by atoms with Crippen molar-refractivity contribution in [2.75, 3.05) is 13.2 Å². The van der Waals surface area contributed by atoms with Gasteiger partial charge in [-0.25, -0.2) is 0 Å². The van der Waals surface area contributed by atoms with Crippen LogP contribution in [0.3, 0.4) is 0 Å². The van der Waals surface area contributed by atoms with E-state index in [1.165, 1.54) is 30.4 Å². The van der Waals surface area contributed by atoms with Gasteiger partial charge in [0.05, 0.1) is 6.04 Å². The Morgan fingerprint density at radius 2 is 2.00 bits per heavy atom. The Bertz CT molecular complexity index is 429. The molecule has 0 heterocycles. The Morgan fingerprint density at radius 1 is 1.20 bits per heavy atom. The molecule has 2 rings (SSSR count). The van der Waals surface area contributed by atoms with E-state index in [9.17, 15) is 0 Å². The molecule has 1 aliphatic rings. The van der Waals surface area contributed by atoms with Crippen LogP contribution < -0.4 is 10.1 Å². The monoisotopic (exact) mass is 276 g/mol. The van der Waals surface area contributed by atoms with E-state index in [-0.39, 0.29) is 0 Å². The van der Waals surface area contributed by atoms with Gasteiger partial charge in [-0.05, 0) is 50.7 Å². The van der Waals surface area contributed by atoms with Gasteiger partial charge < -0.3 is 10.1 Å². The molecule has 1 aromatic carbocycles. The summed E-state index contributed by atoms with van der Waals surface area (Å²) in [6.07, 6.45) is 4.17. The topological polar surface area (TPSA) is 25.8 Å². The first kappa shape index (κ1) is 15.4. The minimum absolute atomic E-state index is 0.793. The highest BCUT2D eigenvalue weighted by Gasteiger charge is 2.29. The fourth-order valence-corrected chi connectivity index (χ4v) is 3.37. The van der Waals surface area contributed by atoms with Gasteiger partial charge in [-0.15, -0.1) is 0 Å². The van der Waals surface area contributed by atoms with Crippen LogP contribution in [0.2, 0.25) is 0 Å². The lowest BCUT2D eigenvalue weighted by Gasteiger charge is -2.32. The first-order valence-electron chi connectivity index (χ1n) is 8.11. The summed E-state index contributed by atoms with van der Waals surface area (Å²) in [5, 5.41) is 2.50. The van der Waals surface area contributed by atoms with Crippen molar-refractivity contribution in [2.24, 2.45) is 11.8 Å². The van der Waals surface area contributed by atoms with Crippen molar-refractivity contribution >= 4 is 0 Å². The van der Waals surface area contributed by atoms with E-state index < -0.39 is 0 Å². The molecule has 0 saturated heterocycles. The van der Waals surface area contributed by atoms with Crippen LogP contribution in [0.4, 0.5) is 0 Å². The Balaban J connectivity index is 1.73. The van der Waals surface area contributed by atoms with E-state index in [0.29, 0.717) is 0 Å². The third-order valence-electron chi connectivity index (χ3n) is 4.95. The lowest BCUT2D eigenvalue weighted by Crippen LogP contribution is -2.92. The van der Waals surface area contributed by atoms with Crippen LogP contribution in [0, 0.1) is 25.7 Å². The van der Waals surface area contributed by atoms with E-state index in [2.05, 4.69) is 51.2 Å². The van der Waals surface area contributed by atoms with Crippen LogP contribution in [-0.2, 0) is 0 Å². The van der Waals surface area contributed by atoms with Crippen LogP contribution in [0.1, 0.15) is 44.2 Å². The fourth-order valence-electron chi connectivity index (χ4n) is 3.37. The molecule has 1 fully saturated rings. The van der Waals surface area contributed by atoms with Gasteiger partial charge in [0, 0.05) is 5.92 Å². The average molecular weight is 276 g/mol. The van der Waals surface area contributed by atoms with Crippen LogP contribution in [0.5, 0.6) is 5.75 Å². The lowest BCUT2D eigenvalue weighted by molar-refractivity contribution is -0.699. The van der Waals surface area contributed by atoms with E-state index in [1.54, 1.807) is 0 Å². The number of aryl methyl sites for hydroxylation is 2. The number of hydrogen-bond donors (Lipinski definition) is 1. The fraction of sp³-hybridized carbons (Fsp3) is 0.667. The van der Waals surface area contributed by atoms with Gasteiger partial charge in [0.25, 0.3) is 0 Å². The summed E-state index contributed by atoms with van der Waals surface area (Å²) in [7, 11) is 0. The molecule has 0 aliphatic heterocycles. The minimum Gasteiger partial charge on any atom is -0.487 e. The Hall–Kier alpha value is -1.02. The van der Waals surface area contributed by atoms with Crippen molar-refractivity contribution in [3.63, 3.8) is 0 Å². The summed E-state index contributed by atoms with van der Waals surface area (Å²) < 4.78 is 5.91. The van der Waals surface area contributed by atoms with Gasteiger partial charge in [0.2, 0.25) is 0 Å². The Kier molecular flexibility index (Phi) is 5.47. The quantitative estimate of drug-likeness (QED) is 0.822. The molecule has 2 nitrogen and oxygen atoms in total. The third kappa shape index (κ3) is 3.99. The van der Waals surface area contributed by atoms with Crippen molar-refractivity contribution in [3.05, 3.63) is 29.3 Å². The van der Waals surface area contributed by atoms with Gasteiger partial charge >= 0.3 is 0 Å². The van der Waals surface area contributed by atoms with Crippen molar-refractivity contribution in [2.45, 2.75) is 53.0 Å². The maximum Gasteiger partial charge on any atom is 0.137 e. The summed E-state index contributed by atoms with van der Waals surface area (Å²) >= 11 is 0. The van der Waals surface area contributed by atoms with Crippen LogP contribution >= 0.6 is 0 Å². The first-order valence-corrected chi connectivity index (χ1v) is 8.11. The zero-order valence-electron chi connectivity index (χ0n) is 13.5. The Morgan fingerprint density at radius 3 is 2.75 bits per heavy atom. The van der Waals surface area contributed by atoms with Crippen LogP contribution in [0.15, 0.2) is 18.2 Å². The first-order chi connectivity index (χ1) is 9.58. The molecule has 1 aromatic rings. The van der Waals surface area contributed by atoms with E-state index >= 15 is 0 Å². The molecule has 0 aromatic heterocycles. The minimum atomic E-state index is 0.793. The molecule has 2 heteroatoms. The highest BCUT2D eigenvalue weighted by Crippen LogP contribution is 2.27. The highest BCUT2D eigenvalue weighted by atomic mass is 16.5.